The summed E-state index contributed by atoms with van der Waals surface area (Å²) in [6.07, 6.45) is 4.17. The van der Waals surface area contributed by atoms with Crippen molar-refractivity contribution in [1.82, 2.24) is 0 Å². The van der Waals surface area contributed by atoms with Crippen molar-refractivity contribution in [2.45, 2.75) is 44.7 Å². The molecule has 15 heavy (non-hydrogen) atoms. The van der Waals surface area contributed by atoms with Gasteiger partial charge in [-0.3, -0.25) is 0 Å². The third-order valence-corrected chi connectivity index (χ3v) is 2.25. The summed E-state index contributed by atoms with van der Waals surface area (Å²) < 4.78 is 11.0. The summed E-state index contributed by atoms with van der Waals surface area (Å²) in [7, 11) is 0. The molecule has 1 saturated heterocycles. The first-order valence-corrected chi connectivity index (χ1v) is 5.31. The lowest BCUT2D eigenvalue weighted by atomic mass is 10.2. The third-order valence-electron chi connectivity index (χ3n) is 2.25. The first-order valence-electron chi connectivity index (χ1n) is 5.31. The van der Waals surface area contributed by atoms with Crippen molar-refractivity contribution in [3.8, 4) is 0 Å². The van der Waals surface area contributed by atoms with Crippen molar-refractivity contribution in [3.05, 3.63) is 12.2 Å². The lowest BCUT2D eigenvalue weighted by molar-refractivity contribution is -0.137. The Labute approximate surface area is 90.5 Å². The number of hydrogen-bond acceptors (Lipinski definition) is 4. The topological polar surface area (TPSA) is 58.9 Å². The maximum atomic E-state index is 9.31. The van der Waals surface area contributed by atoms with Crippen LogP contribution in [0.4, 0.5) is 0 Å². The van der Waals surface area contributed by atoms with Crippen LogP contribution in [0.25, 0.3) is 0 Å². The smallest absolute Gasteiger partial charge is 0.163 e. The molecule has 0 aromatic carbocycles. The summed E-state index contributed by atoms with van der Waals surface area (Å²) in [5.74, 6) is -0.484. The minimum atomic E-state index is -0.565. The van der Waals surface area contributed by atoms with Gasteiger partial charge in [0, 0.05) is 6.61 Å². The first kappa shape index (κ1) is 12.6. The molecule has 2 N–H and O–H groups in total. The fourth-order valence-corrected chi connectivity index (χ4v) is 1.50. The highest BCUT2D eigenvalue weighted by atomic mass is 16.7. The van der Waals surface area contributed by atoms with Crippen LogP contribution in [0.5, 0.6) is 0 Å². The highest BCUT2D eigenvalue weighted by Crippen LogP contribution is 2.24. The maximum Gasteiger partial charge on any atom is 0.163 e. The Morgan fingerprint density at radius 1 is 1.53 bits per heavy atom. The van der Waals surface area contributed by atoms with E-state index < -0.39 is 11.9 Å². The molecule has 1 aliphatic rings. The predicted octanol–water partition coefficient (Wildman–Crippen LogP) is 0.827. The molecule has 0 spiro atoms. The van der Waals surface area contributed by atoms with Crippen LogP contribution in [0.15, 0.2) is 12.2 Å². The number of aliphatic hydroxyl groups excluding tert-OH is 2. The molecule has 4 nitrogen and oxygen atoms in total. The van der Waals surface area contributed by atoms with Gasteiger partial charge in [0.05, 0.1) is 18.8 Å². The Morgan fingerprint density at radius 3 is 2.80 bits per heavy atom. The molecule has 1 rings (SSSR count). The molecule has 2 atom stereocenters. The van der Waals surface area contributed by atoms with Gasteiger partial charge in [-0.05, 0) is 26.7 Å². The summed E-state index contributed by atoms with van der Waals surface area (Å²) in [5.41, 5.74) is 0. The normalized spacial score (nSPS) is 27.3. The summed E-state index contributed by atoms with van der Waals surface area (Å²) in [4.78, 5) is 0. The van der Waals surface area contributed by atoms with Gasteiger partial charge in [-0.2, -0.15) is 0 Å². The van der Waals surface area contributed by atoms with E-state index in [1.165, 1.54) is 0 Å². The summed E-state index contributed by atoms with van der Waals surface area (Å²) in [6, 6.07) is 0. The number of aliphatic hydroxyl groups is 2. The van der Waals surface area contributed by atoms with E-state index in [0.29, 0.717) is 13.0 Å². The van der Waals surface area contributed by atoms with Crippen LogP contribution < -0.4 is 0 Å². The lowest BCUT2D eigenvalue weighted by Crippen LogP contribution is -2.21. The van der Waals surface area contributed by atoms with E-state index in [1.807, 2.05) is 19.9 Å². The van der Waals surface area contributed by atoms with Gasteiger partial charge in [0.1, 0.15) is 0 Å². The van der Waals surface area contributed by atoms with Crippen LogP contribution in [-0.2, 0) is 9.47 Å². The molecule has 0 aromatic rings. The Morgan fingerprint density at radius 2 is 2.27 bits per heavy atom. The summed E-state index contributed by atoms with van der Waals surface area (Å²) in [6.45, 7) is 4.36. The van der Waals surface area contributed by atoms with E-state index in [4.69, 9.17) is 14.6 Å². The van der Waals surface area contributed by atoms with Crippen LogP contribution >= 0.6 is 0 Å². The molecular formula is C11H20O4. The van der Waals surface area contributed by atoms with Crippen molar-refractivity contribution in [2.75, 3.05) is 13.2 Å². The lowest BCUT2D eigenvalue weighted by Gasteiger charge is -2.16. The second-order valence-corrected chi connectivity index (χ2v) is 4.19. The number of ether oxygens (including phenoxy) is 2. The van der Waals surface area contributed by atoms with Crippen LogP contribution in [0.2, 0.25) is 0 Å². The van der Waals surface area contributed by atoms with E-state index in [2.05, 4.69) is 0 Å². The molecule has 0 bridgehead atoms. The molecule has 1 heterocycles. The standard InChI is InChI=1S/C11H20O4/c1-11(2)14-8-10(15-11)5-3-4-9(13)6-7-12/h3-4,9-10,12-13H,5-8H2,1-2H3/b4-3-/t9-,10+/m1/s1. The fraction of sp³-hybridized carbons (Fsp3) is 0.818. The summed E-state index contributed by atoms with van der Waals surface area (Å²) in [5, 5.41) is 17.9. The van der Waals surface area contributed by atoms with Crippen molar-refractivity contribution in [2.24, 2.45) is 0 Å². The molecule has 0 saturated carbocycles. The van der Waals surface area contributed by atoms with Crippen LogP contribution in [0.1, 0.15) is 26.7 Å². The number of hydrogen-bond donors (Lipinski definition) is 2. The van der Waals surface area contributed by atoms with Gasteiger partial charge >= 0.3 is 0 Å². The molecule has 88 valence electrons. The molecular weight excluding hydrogens is 196 g/mol. The third kappa shape index (κ3) is 4.75. The highest BCUT2D eigenvalue weighted by Gasteiger charge is 2.31. The van der Waals surface area contributed by atoms with E-state index in [9.17, 15) is 5.11 Å². The molecule has 0 radical (unpaired) electrons. The highest BCUT2D eigenvalue weighted by molar-refractivity contribution is 4.91. The minimum absolute atomic E-state index is 0.00156. The summed E-state index contributed by atoms with van der Waals surface area (Å²) >= 11 is 0. The van der Waals surface area contributed by atoms with E-state index in [-0.39, 0.29) is 12.7 Å². The van der Waals surface area contributed by atoms with Crippen LogP contribution in [0.3, 0.4) is 0 Å². The van der Waals surface area contributed by atoms with Gasteiger partial charge < -0.3 is 19.7 Å². The van der Waals surface area contributed by atoms with Crippen LogP contribution in [-0.4, -0.2) is 41.4 Å². The van der Waals surface area contributed by atoms with Gasteiger partial charge in [0.25, 0.3) is 0 Å². The van der Waals surface area contributed by atoms with E-state index in [0.717, 1.165) is 6.42 Å². The predicted molar refractivity (Wildman–Crippen MR) is 56.4 cm³/mol. The van der Waals surface area contributed by atoms with Crippen molar-refractivity contribution >= 4 is 0 Å². The Bertz CT molecular complexity index is 213. The molecule has 0 aliphatic carbocycles. The SMILES string of the molecule is CC1(C)OC[C@H](C/C=C\[C@@H](O)CCO)O1. The fourth-order valence-electron chi connectivity index (χ4n) is 1.50. The molecule has 1 fully saturated rings. The largest absolute Gasteiger partial charge is 0.396 e. The Kier molecular flexibility index (Phi) is 4.73. The molecule has 0 amide bonds. The Hall–Kier alpha value is -0.420. The quantitative estimate of drug-likeness (QED) is 0.668. The molecule has 1 aliphatic heterocycles. The van der Waals surface area contributed by atoms with E-state index >= 15 is 0 Å². The van der Waals surface area contributed by atoms with Gasteiger partial charge in [-0.1, -0.05) is 12.2 Å². The first-order chi connectivity index (χ1) is 7.03. The maximum absolute atomic E-state index is 9.31. The molecule has 0 aromatic heterocycles. The van der Waals surface area contributed by atoms with Crippen LogP contribution in [0, 0.1) is 0 Å². The Balaban J connectivity index is 2.20. The van der Waals surface area contributed by atoms with Gasteiger partial charge in [0.15, 0.2) is 5.79 Å². The number of rotatable bonds is 5. The minimum Gasteiger partial charge on any atom is -0.396 e. The van der Waals surface area contributed by atoms with Crippen molar-refractivity contribution in [3.63, 3.8) is 0 Å². The van der Waals surface area contributed by atoms with Crippen molar-refractivity contribution < 1.29 is 19.7 Å². The van der Waals surface area contributed by atoms with Gasteiger partial charge in [-0.25, -0.2) is 0 Å². The zero-order valence-corrected chi connectivity index (χ0v) is 9.35. The molecule has 4 heteroatoms. The second kappa shape index (κ2) is 5.61. The monoisotopic (exact) mass is 216 g/mol. The van der Waals surface area contributed by atoms with Gasteiger partial charge in [0.2, 0.25) is 0 Å². The van der Waals surface area contributed by atoms with E-state index in [1.54, 1.807) is 6.08 Å². The van der Waals surface area contributed by atoms with Crippen molar-refractivity contribution in [1.29, 1.82) is 0 Å². The zero-order valence-electron chi connectivity index (χ0n) is 9.35. The molecule has 0 unspecified atom stereocenters. The second-order valence-electron chi connectivity index (χ2n) is 4.19. The average Bonchev–Trinajstić information content (AvgIpc) is 2.46. The average molecular weight is 216 g/mol. The zero-order chi connectivity index (χ0) is 11.3. The van der Waals surface area contributed by atoms with Gasteiger partial charge in [-0.15, -0.1) is 0 Å².